The Morgan fingerprint density at radius 3 is 2.80 bits per heavy atom. The molecule has 3 unspecified atom stereocenters. The van der Waals surface area contributed by atoms with Crippen molar-refractivity contribution in [1.29, 1.82) is 0 Å². The number of hydrogen-bond donors (Lipinski definition) is 3. The maximum absolute atomic E-state index is 13.2. The minimum absolute atomic E-state index is 0.440. The number of hydrazine groups is 2. The fourth-order valence-electron chi connectivity index (χ4n) is 4.37. The lowest BCUT2D eigenvalue weighted by atomic mass is 10.0. The Hall–Kier alpha value is -2.75. The van der Waals surface area contributed by atoms with Crippen molar-refractivity contribution in [3.63, 3.8) is 0 Å². The Bertz CT molecular complexity index is 1050. The van der Waals surface area contributed by atoms with E-state index in [1.807, 2.05) is 10.8 Å². The number of aryl methyl sites for hydroxylation is 1. The molecule has 1 aromatic carbocycles. The SMILES string of the molecule is FC(F)(F)C1NNNC1c1ccnc(-c2cn(CC3CCc4ccccc43)cn2)c1. The zero-order valence-electron chi connectivity index (χ0n) is 16.0. The van der Waals surface area contributed by atoms with E-state index in [-0.39, 0.29) is 0 Å². The molecular formula is C21H21F3N6. The fourth-order valence-corrected chi connectivity index (χ4v) is 4.37. The van der Waals surface area contributed by atoms with E-state index in [9.17, 15) is 13.2 Å². The largest absolute Gasteiger partial charge is 0.407 e. The molecule has 1 aliphatic heterocycles. The molecule has 3 aromatic rings. The Kier molecular flexibility index (Phi) is 4.80. The molecule has 0 bridgehead atoms. The van der Waals surface area contributed by atoms with Gasteiger partial charge < -0.3 is 4.57 Å². The molecule has 0 radical (unpaired) electrons. The predicted molar refractivity (Wildman–Crippen MR) is 105 cm³/mol. The highest BCUT2D eigenvalue weighted by Gasteiger charge is 2.48. The first-order valence-electron chi connectivity index (χ1n) is 9.88. The van der Waals surface area contributed by atoms with Gasteiger partial charge in [-0.3, -0.25) is 4.98 Å². The molecule has 5 rings (SSSR count). The highest BCUT2D eigenvalue weighted by Crippen LogP contribution is 2.35. The Labute approximate surface area is 171 Å². The van der Waals surface area contributed by atoms with Crippen molar-refractivity contribution in [3.05, 3.63) is 71.8 Å². The smallest absolute Gasteiger partial charge is 0.336 e. The second kappa shape index (κ2) is 7.50. The third-order valence-electron chi connectivity index (χ3n) is 5.87. The second-order valence-electron chi connectivity index (χ2n) is 7.78. The van der Waals surface area contributed by atoms with Crippen molar-refractivity contribution in [3.8, 4) is 11.4 Å². The van der Waals surface area contributed by atoms with Gasteiger partial charge in [-0.1, -0.05) is 24.3 Å². The standard InChI is InChI=1S/C21H21F3N6/c22-21(23,24)20-19(27-29-28-20)14-7-8-25-17(9-14)18-11-30(12-26-18)10-15-6-5-13-3-1-2-4-16(13)15/h1-4,7-9,11-12,15,19-20,27-29H,5-6,10H2. The zero-order chi connectivity index (χ0) is 20.7. The lowest BCUT2D eigenvalue weighted by molar-refractivity contribution is -0.156. The second-order valence-corrected chi connectivity index (χ2v) is 7.78. The van der Waals surface area contributed by atoms with Crippen LogP contribution in [0.25, 0.3) is 11.4 Å². The maximum atomic E-state index is 13.2. The summed E-state index contributed by atoms with van der Waals surface area (Å²) in [4.78, 5) is 8.77. The van der Waals surface area contributed by atoms with E-state index in [0.717, 1.165) is 19.4 Å². The number of nitrogens with zero attached hydrogens (tertiary/aromatic N) is 3. The van der Waals surface area contributed by atoms with Crippen LogP contribution in [0.5, 0.6) is 0 Å². The Morgan fingerprint density at radius 1 is 1.07 bits per heavy atom. The van der Waals surface area contributed by atoms with Crippen LogP contribution in [0.4, 0.5) is 13.2 Å². The zero-order valence-corrected chi connectivity index (χ0v) is 16.0. The molecule has 6 nitrogen and oxygen atoms in total. The molecule has 2 aromatic heterocycles. The lowest BCUT2D eigenvalue weighted by Gasteiger charge is -2.21. The summed E-state index contributed by atoms with van der Waals surface area (Å²) < 4.78 is 41.8. The number of halogens is 3. The predicted octanol–water partition coefficient (Wildman–Crippen LogP) is 3.26. The summed E-state index contributed by atoms with van der Waals surface area (Å²) in [5.41, 5.74) is 11.7. The first-order chi connectivity index (χ1) is 14.5. The minimum atomic E-state index is -4.39. The van der Waals surface area contributed by atoms with Crippen LogP contribution < -0.4 is 16.4 Å². The topological polar surface area (TPSA) is 66.8 Å². The molecule has 3 atom stereocenters. The molecule has 1 aliphatic carbocycles. The van der Waals surface area contributed by atoms with E-state index < -0.39 is 18.3 Å². The monoisotopic (exact) mass is 414 g/mol. The molecule has 3 N–H and O–H groups in total. The first kappa shape index (κ1) is 19.2. The summed E-state index contributed by atoms with van der Waals surface area (Å²) in [6.07, 6.45) is 3.00. The van der Waals surface area contributed by atoms with E-state index >= 15 is 0 Å². The van der Waals surface area contributed by atoms with Gasteiger partial charge in [-0.25, -0.2) is 15.8 Å². The van der Waals surface area contributed by atoms with Gasteiger partial charge >= 0.3 is 6.18 Å². The van der Waals surface area contributed by atoms with Crippen molar-refractivity contribution in [2.24, 2.45) is 0 Å². The fraction of sp³-hybridized carbons (Fsp3) is 0.333. The molecule has 9 heteroatoms. The van der Waals surface area contributed by atoms with Gasteiger partial charge in [-0.05, 0) is 41.7 Å². The highest BCUT2D eigenvalue weighted by atomic mass is 19.4. The van der Waals surface area contributed by atoms with Crippen LogP contribution in [0.3, 0.4) is 0 Å². The molecule has 3 heterocycles. The van der Waals surface area contributed by atoms with E-state index in [2.05, 4.69) is 50.6 Å². The number of benzene rings is 1. The van der Waals surface area contributed by atoms with Crippen molar-refractivity contribution in [1.82, 2.24) is 30.9 Å². The Morgan fingerprint density at radius 2 is 1.93 bits per heavy atom. The molecule has 1 fully saturated rings. The lowest BCUT2D eigenvalue weighted by Crippen LogP contribution is -2.43. The summed E-state index contributed by atoms with van der Waals surface area (Å²) in [6, 6.07) is 9.06. The average molecular weight is 414 g/mol. The quantitative estimate of drug-likeness (QED) is 0.612. The van der Waals surface area contributed by atoms with Gasteiger partial charge in [-0.2, -0.15) is 18.7 Å². The van der Waals surface area contributed by atoms with Gasteiger partial charge in [0.2, 0.25) is 0 Å². The van der Waals surface area contributed by atoms with Gasteiger partial charge in [0, 0.05) is 24.9 Å². The average Bonchev–Trinajstić information content (AvgIpc) is 3.48. The van der Waals surface area contributed by atoms with Crippen molar-refractivity contribution < 1.29 is 13.2 Å². The summed E-state index contributed by atoms with van der Waals surface area (Å²) in [5.74, 6) is 0.440. The van der Waals surface area contributed by atoms with E-state index in [4.69, 9.17) is 0 Å². The minimum Gasteiger partial charge on any atom is -0.336 e. The number of imidazole rings is 1. The number of nitrogens with one attached hydrogen (secondary N) is 3. The van der Waals surface area contributed by atoms with Gasteiger partial charge in [-0.15, -0.1) is 0 Å². The molecule has 1 saturated heterocycles. The van der Waals surface area contributed by atoms with Crippen LogP contribution in [0.2, 0.25) is 0 Å². The molecule has 0 amide bonds. The first-order valence-corrected chi connectivity index (χ1v) is 9.88. The van der Waals surface area contributed by atoms with Crippen molar-refractivity contribution >= 4 is 0 Å². The van der Waals surface area contributed by atoms with Crippen LogP contribution in [-0.4, -0.2) is 26.8 Å². The molecule has 2 aliphatic rings. The van der Waals surface area contributed by atoms with E-state index in [0.29, 0.717) is 22.9 Å². The number of pyridine rings is 1. The highest BCUT2D eigenvalue weighted by molar-refractivity contribution is 5.54. The molecule has 30 heavy (non-hydrogen) atoms. The van der Waals surface area contributed by atoms with Crippen LogP contribution in [0, 0.1) is 0 Å². The molecule has 0 spiro atoms. The van der Waals surface area contributed by atoms with E-state index in [1.165, 1.54) is 17.3 Å². The number of aromatic nitrogens is 3. The van der Waals surface area contributed by atoms with E-state index in [1.54, 1.807) is 18.5 Å². The number of hydrogen-bond acceptors (Lipinski definition) is 5. The molecular weight excluding hydrogens is 393 g/mol. The summed E-state index contributed by atoms with van der Waals surface area (Å²) in [6.45, 7) is 0.817. The third-order valence-corrected chi connectivity index (χ3v) is 5.87. The molecule has 0 saturated carbocycles. The van der Waals surface area contributed by atoms with Crippen LogP contribution >= 0.6 is 0 Å². The van der Waals surface area contributed by atoms with Gasteiger partial charge in [0.15, 0.2) is 0 Å². The van der Waals surface area contributed by atoms with Crippen LogP contribution in [0.1, 0.15) is 35.1 Å². The summed E-state index contributed by atoms with van der Waals surface area (Å²) >= 11 is 0. The van der Waals surface area contributed by atoms with Crippen LogP contribution in [0.15, 0.2) is 55.1 Å². The maximum Gasteiger partial charge on any atom is 0.407 e. The van der Waals surface area contributed by atoms with Crippen LogP contribution in [-0.2, 0) is 13.0 Å². The normalized spacial score (nSPS) is 23.6. The van der Waals surface area contributed by atoms with Crippen molar-refractivity contribution in [2.45, 2.75) is 43.6 Å². The van der Waals surface area contributed by atoms with Crippen molar-refractivity contribution in [2.75, 3.05) is 0 Å². The van der Waals surface area contributed by atoms with Gasteiger partial charge in [0.1, 0.15) is 11.7 Å². The summed E-state index contributed by atoms with van der Waals surface area (Å²) in [7, 11) is 0. The number of rotatable bonds is 4. The van der Waals surface area contributed by atoms with Gasteiger partial charge in [0.25, 0.3) is 0 Å². The summed E-state index contributed by atoms with van der Waals surface area (Å²) in [5, 5.41) is 0. The Balaban J connectivity index is 1.35. The number of fused-ring (bicyclic) bond motifs is 1. The molecule has 156 valence electrons. The van der Waals surface area contributed by atoms with Gasteiger partial charge in [0.05, 0.1) is 18.1 Å². The third kappa shape index (κ3) is 3.60. The number of alkyl halides is 3.